The molecule has 0 saturated carbocycles. The summed E-state index contributed by atoms with van der Waals surface area (Å²) >= 11 is 0. The molecule has 2 aromatic rings. The zero-order valence-corrected chi connectivity index (χ0v) is 11.4. The Morgan fingerprint density at radius 1 is 1.05 bits per heavy atom. The number of benzene rings is 1. The first-order valence-corrected chi connectivity index (χ1v) is 6.75. The van der Waals surface area contributed by atoms with Crippen molar-refractivity contribution in [1.29, 1.82) is 0 Å². The lowest BCUT2D eigenvalue weighted by Crippen LogP contribution is -2.16. The molecule has 0 radical (unpaired) electrons. The van der Waals surface area contributed by atoms with E-state index in [9.17, 15) is 0 Å². The Hall–Kier alpha value is -1.71. The maximum absolute atomic E-state index is 5.78. The third kappa shape index (κ3) is 3.63. The molecule has 0 unspecified atom stereocenters. The van der Waals surface area contributed by atoms with Crippen LogP contribution in [0.3, 0.4) is 0 Å². The lowest BCUT2D eigenvalue weighted by atomic mass is 9.98. The van der Waals surface area contributed by atoms with Crippen molar-refractivity contribution in [2.75, 3.05) is 0 Å². The monoisotopic (exact) mass is 255 g/mol. The standard InChI is InChI=1S/C16H21N3/c1-2-16-13(10-17)6-5-7-14(16)11-18-12-15-8-3-4-9-19-15/h3-9,18H,2,10-12,17H2,1H3. The van der Waals surface area contributed by atoms with E-state index in [2.05, 4.69) is 35.4 Å². The van der Waals surface area contributed by atoms with Crippen molar-refractivity contribution < 1.29 is 0 Å². The second-order valence-electron chi connectivity index (χ2n) is 4.54. The molecule has 1 heterocycles. The van der Waals surface area contributed by atoms with E-state index in [1.54, 1.807) is 0 Å². The summed E-state index contributed by atoms with van der Waals surface area (Å²) in [6.07, 6.45) is 2.84. The van der Waals surface area contributed by atoms with E-state index in [1.807, 2.05) is 24.4 Å². The zero-order valence-electron chi connectivity index (χ0n) is 11.4. The number of hydrogen-bond acceptors (Lipinski definition) is 3. The highest BCUT2D eigenvalue weighted by Crippen LogP contribution is 2.15. The summed E-state index contributed by atoms with van der Waals surface area (Å²) in [6, 6.07) is 12.3. The molecule has 19 heavy (non-hydrogen) atoms. The van der Waals surface area contributed by atoms with Gasteiger partial charge in [0.25, 0.3) is 0 Å². The maximum Gasteiger partial charge on any atom is 0.0541 e. The fraction of sp³-hybridized carbons (Fsp3) is 0.312. The second-order valence-corrected chi connectivity index (χ2v) is 4.54. The van der Waals surface area contributed by atoms with Gasteiger partial charge in [0.1, 0.15) is 0 Å². The molecule has 0 bridgehead atoms. The number of hydrogen-bond donors (Lipinski definition) is 2. The van der Waals surface area contributed by atoms with Crippen LogP contribution in [0.5, 0.6) is 0 Å². The minimum atomic E-state index is 0.608. The van der Waals surface area contributed by atoms with Crippen molar-refractivity contribution in [1.82, 2.24) is 10.3 Å². The van der Waals surface area contributed by atoms with E-state index in [0.29, 0.717) is 6.54 Å². The van der Waals surface area contributed by atoms with Gasteiger partial charge in [-0.3, -0.25) is 4.98 Å². The van der Waals surface area contributed by atoms with Crippen molar-refractivity contribution in [2.45, 2.75) is 33.0 Å². The number of aromatic nitrogens is 1. The summed E-state index contributed by atoms with van der Waals surface area (Å²) in [7, 11) is 0. The lowest BCUT2D eigenvalue weighted by molar-refractivity contribution is 0.674. The topological polar surface area (TPSA) is 50.9 Å². The average molecular weight is 255 g/mol. The molecule has 3 N–H and O–H groups in total. The molecule has 0 atom stereocenters. The van der Waals surface area contributed by atoms with E-state index in [0.717, 1.165) is 25.2 Å². The summed E-state index contributed by atoms with van der Waals surface area (Å²) in [6.45, 7) is 4.43. The molecule has 2 rings (SSSR count). The molecule has 0 spiro atoms. The van der Waals surface area contributed by atoms with Crippen LogP contribution < -0.4 is 11.1 Å². The van der Waals surface area contributed by atoms with E-state index in [4.69, 9.17) is 5.73 Å². The highest BCUT2D eigenvalue weighted by atomic mass is 14.9. The molecule has 0 aliphatic carbocycles. The smallest absolute Gasteiger partial charge is 0.0541 e. The average Bonchev–Trinajstić information content (AvgIpc) is 2.48. The van der Waals surface area contributed by atoms with Gasteiger partial charge in [-0.2, -0.15) is 0 Å². The zero-order chi connectivity index (χ0) is 13.5. The van der Waals surface area contributed by atoms with E-state index in [-0.39, 0.29) is 0 Å². The number of nitrogens with zero attached hydrogens (tertiary/aromatic N) is 1. The molecule has 100 valence electrons. The minimum Gasteiger partial charge on any atom is -0.326 e. The fourth-order valence-corrected chi connectivity index (χ4v) is 2.33. The molecule has 0 fully saturated rings. The van der Waals surface area contributed by atoms with Crippen LogP contribution >= 0.6 is 0 Å². The van der Waals surface area contributed by atoms with Crippen LogP contribution in [0.4, 0.5) is 0 Å². The lowest BCUT2D eigenvalue weighted by Gasteiger charge is -2.13. The SMILES string of the molecule is CCc1c(CN)cccc1CNCc1ccccn1. The summed E-state index contributed by atoms with van der Waals surface area (Å²) in [5, 5.41) is 3.44. The predicted octanol–water partition coefficient (Wildman–Crippen LogP) is 2.39. The first-order valence-electron chi connectivity index (χ1n) is 6.75. The van der Waals surface area contributed by atoms with Gasteiger partial charge in [0.05, 0.1) is 5.69 Å². The van der Waals surface area contributed by atoms with Crippen LogP contribution in [0, 0.1) is 0 Å². The Bertz CT molecular complexity index is 509. The van der Waals surface area contributed by atoms with E-state index >= 15 is 0 Å². The van der Waals surface area contributed by atoms with Gasteiger partial charge in [-0.15, -0.1) is 0 Å². The van der Waals surface area contributed by atoms with Gasteiger partial charge in [-0.1, -0.05) is 31.2 Å². The van der Waals surface area contributed by atoms with Crippen molar-refractivity contribution in [3.05, 3.63) is 65.0 Å². The van der Waals surface area contributed by atoms with E-state index < -0.39 is 0 Å². The quantitative estimate of drug-likeness (QED) is 0.833. The first kappa shape index (κ1) is 13.7. The van der Waals surface area contributed by atoms with Crippen molar-refractivity contribution in [2.24, 2.45) is 5.73 Å². The van der Waals surface area contributed by atoms with Gasteiger partial charge in [0, 0.05) is 25.8 Å². The fourth-order valence-electron chi connectivity index (χ4n) is 2.33. The normalized spacial score (nSPS) is 10.6. The number of pyridine rings is 1. The van der Waals surface area contributed by atoms with Crippen LogP contribution in [-0.2, 0) is 26.1 Å². The Morgan fingerprint density at radius 2 is 1.89 bits per heavy atom. The van der Waals surface area contributed by atoms with Gasteiger partial charge in [-0.05, 0) is 35.2 Å². The molecule has 0 saturated heterocycles. The van der Waals surface area contributed by atoms with E-state index in [1.165, 1.54) is 16.7 Å². The largest absolute Gasteiger partial charge is 0.326 e. The van der Waals surface area contributed by atoms with Crippen LogP contribution in [-0.4, -0.2) is 4.98 Å². The summed E-state index contributed by atoms with van der Waals surface area (Å²) in [5.74, 6) is 0. The van der Waals surface area contributed by atoms with Gasteiger partial charge in [-0.25, -0.2) is 0 Å². The van der Waals surface area contributed by atoms with Crippen molar-refractivity contribution >= 4 is 0 Å². The molecule has 1 aromatic heterocycles. The molecule has 3 heteroatoms. The third-order valence-corrected chi connectivity index (χ3v) is 3.29. The minimum absolute atomic E-state index is 0.608. The Balaban J connectivity index is 2.00. The highest BCUT2D eigenvalue weighted by Gasteiger charge is 2.05. The summed E-state index contributed by atoms with van der Waals surface area (Å²) in [4.78, 5) is 4.30. The number of rotatable bonds is 6. The molecule has 0 aliphatic rings. The molecule has 0 aliphatic heterocycles. The van der Waals surface area contributed by atoms with Gasteiger partial charge in [0.15, 0.2) is 0 Å². The molecular weight excluding hydrogens is 234 g/mol. The van der Waals surface area contributed by atoms with Crippen molar-refractivity contribution in [3.8, 4) is 0 Å². The number of nitrogens with two attached hydrogens (primary N) is 1. The van der Waals surface area contributed by atoms with Crippen molar-refractivity contribution in [3.63, 3.8) is 0 Å². The Kier molecular flexibility index (Phi) is 5.07. The van der Waals surface area contributed by atoms with Gasteiger partial charge in [0.2, 0.25) is 0 Å². The Morgan fingerprint density at radius 3 is 2.58 bits per heavy atom. The second kappa shape index (κ2) is 7.02. The predicted molar refractivity (Wildman–Crippen MR) is 78.5 cm³/mol. The molecule has 0 amide bonds. The summed E-state index contributed by atoms with van der Waals surface area (Å²) in [5.41, 5.74) is 10.8. The van der Waals surface area contributed by atoms with Crippen LogP contribution in [0.15, 0.2) is 42.6 Å². The Labute approximate surface area is 114 Å². The number of nitrogens with one attached hydrogen (secondary N) is 1. The molecule has 3 nitrogen and oxygen atoms in total. The van der Waals surface area contributed by atoms with Crippen LogP contribution in [0.25, 0.3) is 0 Å². The maximum atomic E-state index is 5.78. The van der Waals surface area contributed by atoms with Gasteiger partial charge < -0.3 is 11.1 Å². The van der Waals surface area contributed by atoms with Crippen LogP contribution in [0.1, 0.15) is 29.3 Å². The highest BCUT2D eigenvalue weighted by molar-refractivity contribution is 5.35. The molecule has 1 aromatic carbocycles. The van der Waals surface area contributed by atoms with Crippen LogP contribution in [0.2, 0.25) is 0 Å². The molecular formula is C16H21N3. The summed E-state index contributed by atoms with van der Waals surface area (Å²) < 4.78 is 0. The van der Waals surface area contributed by atoms with Gasteiger partial charge >= 0.3 is 0 Å². The first-order chi connectivity index (χ1) is 9.35. The third-order valence-electron chi connectivity index (χ3n) is 3.29.